The number of amides is 1. The Hall–Kier alpha value is -1.63. The normalized spacial score (nSPS) is 19.0. The molecular formula is C11H16N4O6S2. The van der Waals surface area contributed by atoms with Gasteiger partial charge in [0.05, 0.1) is 36.9 Å². The second kappa shape index (κ2) is 7.29. The summed E-state index contributed by atoms with van der Waals surface area (Å²) in [5.41, 5.74) is 0.223. The summed E-state index contributed by atoms with van der Waals surface area (Å²) in [6.45, 7) is -0.0435. The second-order valence-corrected chi connectivity index (χ2v) is 7.53. The molecule has 1 aromatic heterocycles. The number of carbonyl (C=O) groups excluding carboxylic acids is 1. The van der Waals surface area contributed by atoms with Gasteiger partial charge in [-0.25, -0.2) is 8.42 Å². The van der Waals surface area contributed by atoms with Crippen LogP contribution in [0.25, 0.3) is 0 Å². The van der Waals surface area contributed by atoms with E-state index in [0.717, 1.165) is 22.3 Å². The van der Waals surface area contributed by atoms with Crippen molar-refractivity contribution in [2.45, 2.75) is 6.10 Å². The lowest BCUT2D eigenvalue weighted by molar-refractivity contribution is -0.137. The van der Waals surface area contributed by atoms with Crippen molar-refractivity contribution in [2.75, 3.05) is 39.0 Å². The average molecular weight is 364 g/mol. The summed E-state index contributed by atoms with van der Waals surface area (Å²) in [5.74, 6) is -1.57. The number of hydrogen-bond acceptors (Lipinski definition) is 8. The molecule has 0 spiro atoms. The smallest absolute Gasteiger partial charge is 0.318 e. The highest BCUT2D eigenvalue weighted by Gasteiger charge is 2.30. The molecule has 128 valence electrons. The Balaban J connectivity index is 2.02. The van der Waals surface area contributed by atoms with Crippen molar-refractivity contribution < 1.29 is 27.9 Å². The predicted molar refractivity (Wildman–Crippen MR) is 79.6 cm³/mol. The average Bonchev–Trinajstić information content (AvgIpc) is 2.99. The van der Waals surface area contributed by atoms with E-state index >= 15 is 0 Å². The fourth-order valence-corrected chi connectivity index (χ4v) is 3.32. The van der Waals surface area contributed by atoms with Crippen molar-refractivity contribution in [2.24, 2.45) is 0 Å². The predicted octanol–water partition coefficient (Wildman–Crippen LogP) is -1.27. The van der Waals surface area contributed by atoms with Gasteiger partial charge in [0.25, 0.3) is 5.91 Å². The van der Waals surface area contributed by atoms with E-state index in [4.69, 9.17) is 9.84 Å². The molecule has 0 aromatic carbocycles. The van der Waals surface area contributed by atoms with Gasteiger partial charge < -0.3 is 14.7 Å². The van der Waals surface area contributed by atoms with Gasteiger partial charge in [0, 0.05) is 19.6 Å². The maximum atomic E-state index is 12.2. The van der Waals surface area contributed by atoms with Gasteiger partial charge in [-0.05, 0) is 0 Å². The topological polar surface area (TPSA) is 130 Å². The Bertz CT molecular complexity index is 662. The zero-order valence-corrected chi connectivity index (χ0v) is 13.9. The molecule has 1 aliphatic rings. The molecule has 23 heavy (non-hydrogen) atoms. The molecular weight excluding hydrogens is 348 g/mol. The third-order valence-electron chi connectivity index (χ3n) is 3.19. The Morgan fingerprint density at radius 2 is 2.30 bits per heavy atom. The fraction of sp³-hybridized carbons (Fsp3) is 0.636. The number of aliphatic carboxylic acids is 1. The summed E-state index contributed by atoms with van der Waals surface area (Å²) in [6.07, 6.45) is 1.70. The molecule has 2 rings (SSSR count). The Morgan fingerprint density at radius 1 is 1.57 bits per heavy atom. The summed E-state index contributed by atoms with van der Waals surface area (Å²) in [7, 11) is -3.69. The number of rotatable bonds is 6. The first-order valence-corrected chi connectivity index (χ1v) is 9.20. The van der Waals surface area contributed by atoms with Crippen molar-refractivity contribution in [1.29, 1.82) is 0 Å². The summed E-state index contributed by atoms with van der Waals surface area (Å²) >= 11 is 0.922. The molecule has 1 atom stereocenters. The molecule has 1 fully saturated rings. The maximum absolute atomic E-state index is 12.2. The van der Waals surface area contributed by atoms with E-state index in [1.807, 2.05) is 0 Å². The highest BCUT2D eigenvalue weighted by Crippen LogP contribution is 2.12. The number of ether oxygens (including phenoxy) is 1. The van der Waals surface area contributed by atoms with Crippen LogP contribution in [0.5, 0.6) is 0 Å². The van der Waals surface area contributed by atoms with Crippen LogP contribution in [-0.4, -0.2) is 88.5 Å². The molecule has 0 saturated carbocycles. The molecule has 0 radical (unpaired) electrons. The fourth-order valence-electron chi connectivity index (χ4n) is 2.13. The lowest BCUT2D eigenvalue weighted by Gasteiger charge is -2.34. The molecule has 12 heteroatoms. The highest BCUT2D eigenvalue weighted by atomic mass is 32.2. The Kier molecular flexibility index (Phi) is 5.62. The number of nitrogens with zero attached hydrogens (tertiary/aromatic N) is 4. The molecule has 2 heterocycles. The number of carboxylic acid groups (broad SMARTS) is 1. The number of morpholine rings is 1. The summed E-state index contributed by atoms with van der Waals surface area (Å²) in [5, 5.41) is 8.82. The third kappa shape index (κ3) is 4.92. The van der Waals surface area contributed by atoms with Crippen LogP contribution < -0.4 is 0 Å². The Morgan fingerprint density at radius 3 is 2.87 bits per heavy atom. The molecule has 1 amide bonds. The van der Waals surface area contributed by atoms with Crippen molar-refractivity contribution >= 4 is 33.6 Å². The van der Waals surface area contributed by atoms with Gasteiger partial charge in [0.2, 0.25) is 10.0 Å². The van der Waals surface area contributed by atoms with Crippen LogP contribution >= 0.6 is 11.7 Å². The number of sulfonamides is 1. The maximum Gasteiger partial charge on any atom is 0.318 e. The van der Waals surface area contributed by atoms with Gasteiger partial charge in [-0.1, -0.05) is 0 Å². The van der Waals surface area contributed by atoms with Gasteiger partial charge in [0.15, 0.2) is 5.69 Å². The van der Waals surface area contributed by atoms with Crippen LogP contribution in [0.4, 0.5) is 0 Å². The first-order valence-electron chi connectivity index (χ1n) is 6.62. The highest BCUT2D eigenvalue weighted by molar-refractivity contribution is 7.88. The minimum absolute atomic E-state index is 0.135. The van der Waals surface area contributed by atoms with Crippen molar-refractivity contribution in [3.05, 3.63) is 11.9 Å². The third-order valence-corrected chi connectivity index (χ3v) is 4.89. The van der Waals surface area contributed by atoms with Crippen LogP contribution in [0.15, 0.2) is 6.20 Å². The van der Waals surface area contributed by atoms with Gasteiger partial charge in [-0.2, -0.15) is 13.1 Å². The number of aromatic nitrogens is 2. The van der Waals surface area contributed by atoms with E-state index in [0.29, 0.717) is 6.54 Å². The quantitative estimate of drug-likeness (QED) is 0.661. The van der Waals surface area contributed by atoms with E-state index in [9.17, 15) is 18.0 Å². The summed E-state index contributed by atoms with van der Waals surface area (Å²) < 4.78 is 37.2. The largest absolute Gasteiger partial charge is 0.480 e. The van der Waals surface area contributed by atoms with Crippen LogP contribution in [0.2, 0.25) is 0 Å². The van der Waals surface area contributed by atoms with E-state index < -0.39 is 28.6 Å². The monoisotopic (exact) mass is 364 g/mol. The van der Waals surface area contributed by atoms with E-state index in [1.165, 1.54) is 11.1 Å². The van der Waals surface area contributed by atoms with Crippen molar-refractivity contribution in [3.8, 4) is 0 Å². The molecule has 1 saturated heterocycles. The first-order chi connectivity index (χ1) is 10.8. The van der Waals surface area contributed by atoms with Crippen LogP contribution in [0.1, 0.15) is 10.5 Å². The van der Waals surface area contributed by atoms with Crippen LogP contribution in [0.3, 0.4) is 0 Å². The second-order valence-electron chi connectivity index (χ2n) is 4.99. The molecule has 1 unspecified atom stereocenters. The van der Waals surface area contributed by atoms with E-state index in [1.54, 1.807) is 0 Å². The van der Waals surface area contributed by atoms with Gasteiger partial charge >= 0.3 is 5.97 Å². The number of carboxylic acids is 1. The SMILES string of the molecule is CS(=O)(=O)N(CC(=O)O)CC1CN(C(=O)c2cnsn2)CCO1. The number of carbonyl (C=O) groups is 2. The molecule has 0 aliphatic carbocycles. The van der Waals surface area contributed by atoms with Gasteiger partial charge in [-0.3, -0.25) is 9.59 Å². The number of hydrogen-bond donors (Lipinski definition) is 1. The van der Waals surface area contributed by atoms with Crippen molar-refractivity contribution in [1.82, 2.24) is 18.0 Å². The lowest BCUT2D eigenvalue weighted by Crippen LogP contribution is -2.51. The molecule has 1 aliphatic heterocycles. The summed E-state index contributed by atoms with van der Waals surface area (Å²) in [4.78, 5) is 24.5. The first kappa shape index (κ1) is 17.7. The lowest BCUT2D eigenvalue weighted by atomic mass is 10.2. The van der Waals surface area contributed by atoms with Crippen LogP contribution in [0, 0.1) is 0 Å². The Labute approximate surface area is 137 Å². The van der Waals surface area contributed by atoms with Crippen LogP contribution in [-0.2, 0) is 19.6 Å². The van der Waals surface area contributed by atoms with E-state index in [-0.39, 0.29) is 31.3 Å². The zero-order valence-electron chi connectivity index (χ0n) is 12.3. The zero-order chi connectivity index (χ0) is 17.0. The van der Waals surface area contributed by atoms with Gasteiger partial charge in [-0.15, -0.1) is 0 Å². The van der Waals surface area contributed by atoms with Gasteiger partial charge in [0.1, 0.15) is 6.54 Å². The molecule has 0 bridgehead atoms. The van der Waals surface area contributed by atoms with Crippen molar-refractivity contribution in [3.63, 3.8) is 0 Å². The molecule has 10 nitrogen and oxygen atoms in total. The molecule has 1 aromatic rings. The summed E-state index contributed by atoms with van der Waals surface area (Å²) in [6, 6.07) is 0. The minimum atomic E-state index is -3.69. The molecule has 1 N–H and O–H groups in total. The standard InChI is InChI=1S/C11H16N4O6S2/c1-23(19,20)15(7-10(16)17)6-8-5-14(2-3-21-8)11(18)9-4-12-22-13-9/h4,8H,2-3,5-7H2,1H3,(H,16,17). The van der Waals surface area contributed by atoms with E-state index in [2.05, 4.69) is 8.75 Å². The minimum Gasteiger partial charge on any atom is -0.480 e.